The second-order valence-electron chi connectivity index (χ2n) is 7.38. The molecule has 0 saturated carbocycles. The van der Waals surface area contributed by atoms with Crippen molar-refractivity contribution in [2.75, 3.05) is 45.9 Å². The lowest BCUT2D eigenvalue weighted by molar-refractivity contribution is -0.140. The maximum absolute atomic E-state index is 13.0. The van der Waals surface area contributed by atoms with Gasteiger partial charge >= 0.3 is 0 Å². The third-order valence-corrected chi connectivity index (χ3v) is 7.33. The molecule has 0 spiro atoms. The Balaban J connectivity index is 1.71. The summed E-state index contributed by atoms with van der Waals surface area (Å²) in [4.78, 5) is 27.1. The standard InChI is InChI=1S/C20H29N3O5S/c24-19-9-12-23(29(26,27)18-6-2-1-3-7-18)11-4-5-17(8-10-21-19)20(25)22-13-15-28-16-14-22/h1-3,6-7,17H,4-5,8-16H2,(H,21,24). The lowest BCUT2D eigenvalue weighted by atomic mass is 9.97. The first-order valence-electron chi connectivity index (χ1n) is 10.2. The van der Waals surface area contributed by atoms with Gasteiger partial charge in [0.15, 0.2) is 0 Å². The van der Waals surface area contributed by atoms with Gasteiger partial charge in [0.1, 0.15) is 0 Å². The second kappa shape index (κ2) is 10.2. The predicted octanol–water partition coefficient (Wildman–Crippen LogP) is 0.843. The van der Waals surface area contributed by atoms with Crippen molar-refractivity contribution in [3.05, 3.63) is 30.3 Å². The Bertz CT molecular complexity index is 794. The molecular weight excluding hydrogens is 394 g/mol. The van der Waals surface area contributed by atoms with E-state index in [1.807, 2.05) is 4.90 Å². The topological polar surface area (TPSA) is 96.0 Å². The molecule has 0 radical (unpaired) electrons. The van der Waals surface area contributed by atoms with Crippen molar-refractivity contribution in [1.29, 1.82) is 0 Å². The van der Waals surface area contributed by atoms with E-state index in [1.54, 1.807) is 30.3 Å². The van der Waals surface area contributed by atoms with Crippen LogP contribution in [0.5, 0.6) is 0 Å². The Morgan fingerprint density at radius 2 is 1.76 bits per heavy atom. The first-order valence-corrected chi connectivity index (χ1v) is 11.6. The Morgan fingerprint density at radius 1 is 1.03 bits per heavy atom. The summed E-state index contributed by atoms with van der Waals surface area (Å²) in [6.07, 6.45) is 1.83. The normalized spacial score (nSPS) is 23.1. The van der Waals surface area contributed by atoms with Crippen LogP contribution >= 0.6 is 0 Å². The van der Waals surface area contributed by atoms with E-state index in [4.69, 9.17) is 4.74 Å². The number of sulfonamides is 1. The van der Waals surface area contributed by atoms with Crippen LogP contribution in [-0.2, 0) is 24.3 Å². The molecule has 1 unspecified atom stereocenters. The van der Waals surface area contributed by atoms with E-state index in [0.29, 0.717) is 52.1 Å². The highest BCUT2D eigenvalue weighted by molar-refractivity contribution is 7.89. The summed E-state index contributed by atoms with van der Waals surface area (Å²) in [5, 5.41) is 2.82. The maximum atomic E-state index is 13.0. The first-order chi connectivity index (χ1) is 14.0. The van der Waals surface area contributed by atoms with Crippen LogP contribution in [0.4, 0.5) is 0 Å². The quantitative estimate of drug-likeness (QED) is 0.777. The molecular formula is C20H29N3O5S. The van der Waals surface area contributed by atoms with Crippen LogP contribution in [0, 0.1) is 5.92 Å². The number of ether oxygens (including phenoxy) is 1. The van der Waals surface area contributed by atoms with Crippen molar-refractivity contribution in [3.8, 4) is 0 Å². The van der Waals surface area contributed by atoms with Crippen molar-refractivity contribution in [2.45, 2.75) is 30.6 Å². The van der Waals surface area contributed by atoms with Crippen LogP contribution in [0.3, 0.4) is 0 Å². The van der Waals surface area contributed by atoms with Crippen molar-refractivity contribution >= 4 is 21.8 Å². The van der Waals surface area contributed by atoms with Crippen LogP contribution in [0.1, 0.15) is 25.7 Å². The highest BCUT2D eigenvalue weighted by Crippen LogP contribution is 2.20. The molecule has 0 bridgehead atoms. The fourth-order valence-electron chi connectivity index (χ4n) is 3.74. The van der Waals surface area contributed by atoms with E-state index in [-0.39, 0.29) is 42.1 Å². The molecule has 1 N–H and O–H groups in total. The third-order valence-electron chi connectivity index (χ3n) is 5.42. The van der Waals surface area contributed by atoms with Gasteiger partial charge in [0.2, 0.25) is 21.8 Å². The number of amides is 2. The summed E-state index contributed by atoms with van der Waals surface area (Å²) in [6, 6.07) is 8.25. The van der Waals surface area contributed by atoms with Gasteiger partial charge in [-0.1, -0.05) is 18.2 Å². The molecule has 0 aromatic heterocycles. The smallest absolute Gasteiger partial charge is 0.243 e. The van der Waals surface area contributed by atoms with Crippen molar-refractivity contribution < 1.29 is 22.7 Å². The fourth-order valence-corrected chi connectivity index (χ4v) is 5.24. The van der Waals surface area contributed by atoms with Gasteiger partial charge in [0, 0.05) is 45.1 Å². The third kappa shape index (κ3) is 5.77. The molecule has 0 aliphatic carbocycles. The molecule has 2 saturated heterocycles. The number of carbonyl (C=O) groups is 2. The summed E-state index contributed by atoms with van der Waals surface area (Å²) >= 11 is 0. The molecule has 2 aliphatic rings. The summed E-state index contributed by atoms with van der Waals surface area (Å²) in [7, 11) is -3.68. The first kappa shape index (κ1) is 21.7. The molecule has 160 valence electrons. The van der Waals surface area contributed by atoms with Crippen LogP contribution in [0.15, 0.2) is 35.2 Å². The van der Waals surface area contributed by atoms with Gasteiger partial charge in [-0.25, -0.2) is 8.42 Å². The van der Waals surface area contributed by atoms with Crippen molar-refractivity contribution in [2.24, 2.45) is 5.92 Å². The van der Waals surface area contributed by atoms with Crippen molar-refractivity contribution in [3.63, 3.8) is 0 Å². The molecule has 1 atom stereocenters. The zero-order chi connectivity index (χ0) is 20.7. The SMILES string of the molecule is O=C1CCN(S(=O)(=O)c2ccccc2)CCCC(C(=O)N2CCOCC2)CCN1. The number of rotatable bonds is 3. The molecule has 2 aliphatic heterocycles. The average Bonchev–Trinajstić information content (AvgIpc) is 2.79. The number of hydrogen-bond donors (Lipinski definition) is 1. The predicted molar refractivity (Wildman–Crippen MR) is 108 cm³/mol. The van der Waals surface area contributed by atoms with Gasteiger partial charge in [-0.2, -0.15) is 4.31 Å². The van der Waals surface area contributed by atoms with E-state index in [2.05, 4.69) is 5.32 Å². The summed E-state index contributed by atoms with van der Waals surface area (Å²) in [5.41, 5.74) is 0. The number of morpholine rings is 1. The van der Waals surface area contributed by atoms with Crippen LogP contribution in [0.25, 0.3) is 0 Å². The molecule has 2 amide bonds. The second-order valence-corrected chi connectivity index (χ2v) is 9.32. The van der Waals surface area contributed by atoms with E-state index < -0.39 is 10.0 Å². The van der Waals surface area contributed by atoms with E-state index >= 15 is 0 Å². The van der Waals surface area contributed by atoms with Gasteiger partial charge in [-0.05, 0) is 31.4 Å². The summed E-state index contributed by atoms with van der Waals surface area (Å²) in [6.45, 7) is 3.08. The number of benzene rings is 1. The Kier molecular flexibility index (Phi) is 7.63. The molecule has 3 rings (SSSR count). The Hall–Kier alpha value is -1.97. The van der Waals surface area contributed by atoms with Gasteiger partial charge in [-0.15, -0.1) is 0 Å². The van der Waals surface area contributed by atoms with Crippen LogP contribution in [0.2, 0.25) is 0 Å². The lowest BCUT2D eigenvalue weighted by Gasteiger charge is -2.30. The van der Waals surface area contributed by atoms with E-state index in [0.717, 1.165) is 0 Å². The van der Waals surface area contributed by atoms with E-state index in [1.165, 1.54) is 4.31 Å². The maximum Gasteiger partial charge on any atom is 0.243 e. The van der Waals surface area contributed by atoms with E-state index in [9.17, 15) is 18.0 Å². The van der Waals surface area contributed by atoms with Crippen LogP contribution in [-0.4, -0.2) is 75.4 Å². The fraction of sp³-hybridized carbons (Fsp3) is 0.600. The van der Waals surface area contributed by atoms with Gasteiger partial charge in [0.05, 0.1) is 18.1 Å². The monoisotopic (exact) mass is 423 g/mol. The molecule has 1 aromatic carbocycles. The lowest BCUT2D eigenvalue weighted by Crippen LogP contribution is -2.44. The molecule has 2 fully saturated rings. The van der Waals surface area contributed by atoms with Crippen molar-refractivity contribution in [1.82, 2.24) is 14.5 Å². The van der Waals surface area contributed by atoms with Crippen LogP contribution < -0.4 is 5.32 Å². The number of hydrogen-bond acceptors (Lipinski definition) is 5. The van der Waals surface area contributed by atoms with Gasteiger partial charge < -0.3 is 15.0 Å². The zero-order valence-corrected chi connectivity index (χ0v) is 17.4. The summed E-state index contributed by atoms with van der Waals surface area (Å²) in [5.74, 6) is -0.357. The highest BCUT2D eigenvalue weighted by Gasteiger charge is 2.29. The number of nitrogens with zero attached hydrogens (tertiary/aromatic N) is 2. The molecule has 1 aromatic rings. The largest absolute Gasteiger partial charge is 0.378 e. The Labute approximate surface area is 172 Å². The average molecular weight is 424 g/mol. The minimum Gasteiger partial charge on any atom is -0.378 e. The van der Waals surface area contributed by atoms with Gasteiger partial charge in [-0.3, -0.25) is 9.59 Å². The minimum atomic E-state index is -3.68. The molecule has 2 heterocycles. The number of carbonyl (C=O) groups excluding carboxylic acids is 2. The molecule has 29 heavy (non-hydrogen) atoms. The summed E-state index contributed by atoms with van der Waals surface area (Å²) < 4.78 is 32.7. The molecule has 9 heteroatoms. The minimum absolute atomic E-state index is 0.0688. The zero-order valence-electron chi connectivity index (χ0n) is 16.6. The van der Waals surface area contributed by atoms with Gasteiger partial charge in [0.25, 0.3) is 0 Å². The highest BCUT2D eigenvalue weighted by atomic mass is 32.2. The number of nitrogens with one attached hydrogen (secondary N) is 1. The molecule has 8 nitrogen and oxygen atoms in total. The Morgan fingerprint density at radius 3 is 2.48 bits per heavy atom.